The molecule has 0 heterocycles. The molecule has 0 aliphatic heterocycles. The Kier molecular flexibility index (Phi) is 6.61. The molecule has 2 aromatic rings. The number of carbonyl (C=O) groups excluding carboxylic acids is 1. The Morgan fingerprint density at radius 2 is 1.65 bits per heavy atom. The van der Waals surface area contributed by atoms with E-state index in [1.54, 1.807) is 0 Å². The van der Waals surface area contributed by atoms with E-state index in [1.165, 1.54) is 12.1 Å². The van der Waals surface area contributed by atoms with Crippen molar-refractivity contribution in [1.29, 1.82) is 0 Å². The maximum atomic E-state index is 13.6. The molecule has 0 radical (unpaired) electrons. The number of hydrogen-bond donors (Lipinski definition) is 1. The number of hydrogen-bond acceptors (Lipinski definition) is 3. The van der Waals surface area contributed by atoms with Gasteiger partial charge >= 0.3 is 6.18 Å². The molecule has 0 spiro atoms. The molecule has 1 aliphatic rings. The molecule has 11 heteroatoms. The van der Waals surface area contributed by atoms with Crippen LogP contribution in [0.1, 0.15) is 41.6 Å². The molecule has 1 N–H and O–H groups in total. The van der Waals surface area contributed by atoms with Crippen LogP contribution < -0.4 is 5.32 Å². The molecule has 4 nitrogen and oxygen atoms in total. The van der Waals surface area contributed by atoms with E-state index in [-0.39, 0.29) is 48.4 Å². The highest BCUT2D eigenvalue weighted by Gasteiger charge is 2.36. The average Bonchev–Trinajstić information content (AvgIpc) is 2.69. The highest BCUT2D eigenvalue weighted by molar-refractivity contribution is 7.92. The molecular formula is C20H17ClF5NO3S. The van der Waals surface area contributed by atoms with Crippen LogP contribution in [0, 0.1) is 11.6 Å². The fraction of sp³-hybridized carbons (Fsp3) is 0.350. The van der Waals surface area contributed by atoms with Crippen molar-refractivity contribution in [2.75, 3.05) is 0 Å². The van der Waals surface area contributed by atoms with Crippen molar-refractivity contribution in [3.63, 3.8) is 0 Å². The maximum absolute atomic E-state index is 13.6. The Hall–Kier alpha value is -2.20. The number of rotatable bonds is 4. The van der Waals surface area contributed by atoms with E-state index in [1.807, 2.05) is 0 Å². The third-order valence-electron chi connectivity index (χ3n) is 5.16. The second-order valence-electron chi connectivity index (χ2n) is 7.29. The molecule has 1 amide bonds. The predicted molar refractivity (Wildman–Crippen MR) is 104 cm³/mol. The standard InChI is InChI=1S/C20H17ClF5NO3S/c21-17-7-11(1-6-18(17)23)19(28)27-14-2-4-15(5-3-14)31(29,30)16-9-12(20(24,25)26)8-13(22)10-16/h1,6-10,14-15H,2-5H2,(H,27,28)/t14-,15-. The van der Waals surface area contributed by atoms with Gasteiger partial charge in [-0.2, -0.15) is 13.2 Å². The zero-order chi connectivity index (χ0) is 23.0. The van der Waals surface area contributed by atoms with Gasteiger partial charge < -0.3 is 5.32 Å². The Bertz CT molecular complexity index is 1100. The SMILES string of the molecule is O=C(N[C@H]1CC[C@H](S(=O)(=O)c2cc(F)cc(C(F)(F)F)c2)CC1)c1ccc(F)c(Cl)c1. The van der Waals surface area contributed by atoms with E-state index in [0.29, 0.717) is 12.1 Å². The topological polar surface area (TPSA) is 63.2 Å². The number of alkyl halides is 3. The molecule has 0 unspecified atom stereocenters. The van der Waals surface area contributed by atoms with Crippen LogP contribution in [0.3, 0.4) is 0 Å². The zero-order valence-corrected chi connectivity index (χ0v) is 17.4. The minimum atomic E-state index is -4.88. The number of amides is 1. The number of halogens is 6. The van der Waals surface area contributed by atoms with Crippen molar-refractivity contribution in [2.24, 2.45) is 0 Å². The summed E-state index contributed by atoms with van der Waals surface area (Å²) in [5.41, 5.74) is -1.23. The summed E-state index contributed by atoms with van der Waals surface area (Å²) in [4.78, 5) is 11.6. The van der Waals surface area contributed by atoms with Gasteiger partial charge in [-0.1, -0.05) is 11.6 Å². The number of benzene rings is 2. The average molecular weight is 482 g/mol. The fourth-order valence-corrected chi connectivity index (χ4v) is 5.53. The second-order valence-corrected chi connectivity index (χ2v) is 9.93. The molecule has 1 fully saturated rings. The Balaban J connectivity index is 1.68. The lowest BCUT2D eigenvalue weighted by atomic mass is 9.94. The van der Waals surface area contributed by atoms with E-state index in [0.717, 1.165) is 6.07 Å². The van der Waals surface area contributed by atoms with Gasteiger partial charge in [-0.15, -0.1) is 0 Å². The van der Waals surface area contributed by atoms with Crippen molar-refractivity contribution in [3.05, 3.63) is 64.2 Å². The first-order valence-corrected chi connectivity index (χ1v) is 11.2. The van der Waals surface area contributed by atoms with E-state index < -0.39 is 49.3 Å². The molecule has 31 heavy (non-hydrogen) atoms. The lowest BCUT2D eigenvalue weighted by molar-refractivity contribution is -0.137. The molecule has 168 valence electrons. The zero-order valence-electron chi connectivity index (χ0n) is 15.8. The first-order chi connectivity index (χ1) is 14.4. The molecule has 0 atom stereocenters. The summed E-state index contributed by atoms with van der Waals surface area (Å²) in [6.07, 6.45) is -4.21. The van der Waals surface area contributed by atoms with Crippen LogP contribution in [0.5, 0.6) is 0 Å². The molecule has 0 bridgehead atoms. The predicted octanol–water partition coefficient (Wildman–Crippen LogP) is 5.15. The largest absolute Gasteiger partial charge is 0.416 e. The minimum absolute atomic E-state index is 0.0787. The maximum Gasteiger partial charge on any atom is 0.416 e. The molecule has 0 saturated heterocycles. The van der Waals surface area contributed by atoms with Crippen LogP contribution in [0.2, 0.25) is 5.02 Å². The van der Waals surface area contributed by atoms with Crippen molar-refractivity contribution < 1.29 is 35.2 Å². The minimum Gasteiger partial charge on any atom is -0.349 e. The van der Waals surface area contributed by atoms with E-state index >= 15 is 0 Å². The van der Waals surface area contributed by atoms with Gasteiger partial charge in [-0.3, -0.25) is 4.79 Å². The molecule has 1 saturated carbocycles. The van der Waals surface area contributed by atoms with Crippen LogP contribution in [0.15, 0.2) is 41.3 Å². The van der Waals surface area contributed by atoms with Crippen LogP contribution in [-0.2, 0) is 16.0 Å². The fourth-order valence-electron chi connectivity index (χ4n) is 3.51. The summed E-state index contributed by atoms with van der Waals surface area (Å²) < 4.78 is 91.1. The van der Waals surface area contributed by atoms with Crippen molar-refractivity contribution >= 4 is 27.3 Å². The van der Waals surface area contributed by atoms with Crippen LogP contribution in [-0.4, -0.2) is 25.6 Å². The smallest absolute Gasteiger partial charge is 0.349 e. The number of carbonyl (C=O) groups is 1. The molecule has 1 aliphatic carbocycles. The lowest BCUT2D eigenvalue weighted by Gasteiger charge is -2.29. The van der Waals surface area contributed by atoms with E-state index in [4.69, 9.17) is 11.6 Å². The molecule has 0 aromatic heterocycles. The summed E-state index contributed by atoms with van der Waals surface area (Å²) in [6.45, 7) is 0. The van der Waals surface area contributed by atoms with Crippen molar-refractivity contribution in [1.82, 2.24) is 5.32 Å². The van der Waals surface area contributed by atoms with Gasteiger partial charge in [-0.05, 0) is 62.1 Å². The first-order valence-electron chi connectivity index (χ1n) is 9.25. The van der Waals surface area contributed by atoms with Crippen molar-refractivity contribution in [2.45, 2.75) is 48.0 Å². The number of sulfone groups is 1. The summed E-state index contributed by atoms with van der Waals surface area (Å²) >= 11 is 5.66. The van der Waals surface area contributed by atoms with Crippen molar-refractivity contribution in [3.8, 4) is 0 Å². The second kappa shape index (κ2) is 8.74. The third kappa shape index (κ3) is 5.35. The highest BCUT2D eigenvalue weighted by atomic mass is 35.5. The van der Waals surface area contributed by atoms with Gasteiger partial charge in [0.05, 0.1) is 20.7 Å². The Labute approximate surface area is 180 Å². The summed E-state index contributed by atoms with van der Waals surface area (Å²) in [5, 5.41) is 1.50. The van der Waals surface area contributed by atoms with Gasteiger partial charge in [0.25, 0.3) is 5.91 Å². The summed E-state index contributed by atoms with van der Waals surface area (Å²) in [7, 11) is -4.19. The molecule has 3 rings (SSSR count). The van der Waals surface area contributed by atoms with Gasteiger partial charge in [0.2, 0.25) is 0 Å². The monoisotopic (exact) mass is 481 g/mol. The molecular weight excluding hydrogens is 465 g/mol. The first kappa shape index (κ1) is 23.5. The summed E-state index contributed by atoms with van der Waals surface area (Å²) in [6, 6.07) is 4.36. The normalized spacial score (nSPS) is 19.8. The van der Waals surface area contributed by atoms with Gasteiger partial charge in [0.15, 0.2) is 9.84 Å². The van der Waals surface area contributed by atoms with E-state index in [2.05, 4.69) is 5.32 Å². The van der Waals surface area contributed by atoms with Gasteiger partial charge in [0.1, 0.15) is 11.6 Å². The van der Waals surface area contributed by atoms with E-state index in [9.17, 15) is 35.2 Å². The van der Waals surface area contributed by atoms with Gasteiger partial charge in [-0.25, -0.2) is 17.2 Å². The highest BCUT2D eigenvalue weighted by Crippen LogP contribution is 2.34. The van der Waals surface area contributed by atoms with Crippen LogP contribution in [0.4, 0.5) is 22.0 Å². The van der Waals surface area contributed by atoms with Crippen LogP contribution in [0.25, 0.3) is 0 Å². The summed E-state index contributed by atoms with van der Waals surface area (Å²) in [5.74, 6) is -2.46. The molecule has 2 aromatic carbocycles. The Morgan fingerprint density at radius 1 is 1.00 bits per heavy atom. The third-order valence-corrected chi connectivity index (χ3v) is 7.69. The Morgan fingerprint density at radius 3 is 2.23 bits per heavy atom. The van der Waals surface area contributed by atoms with Gasteiger partial charge in [0, 0.05) is 11.6 Å². The van der Waals surface area contributed by atoms with Crippen LogP contribution >= 0.6 is 11.6 Å². The number of nitrogens with one attached hydrogen (secondary N) is 1. The quantitative estimate of drug-likeness (QED) is 0.614. The lowest BCUT2D eigenvalue weighted by Crippen LogP contribution is -2.40.